The predicted molar refractivity (Wildman–Crippen MR) is 104 cm³/mol. The van der Waals surface area contributed by atoms with Gasteiger partial charge < -0.3 is 5.32 Å². The maximum atomic E-state index is 13.2. The molecule has 0 amide bonds. The number of nitrogens with one attached hydrogen (secondary N) is 2. The van der Waals surface area contributed by atoms with Gasteiger partial charge in [0, 0.05) is 31.5 Å². The van der Waals surface area contributed by atoms with Gasteiger partial charge in [-0.2, -0.15) is 0 Å². The van der Waals surface area contributed by atoms with Gasteiger partial charge in [-0.1, -0.05) is 12.1 Å². The number of sulfonamides is 1. The highest BCUT2D eigenvalue weighted by Crippen LogP contribution is 2.12. The van der Waals surface area contributed by atoms with Crippen molar-refractivity contribution in [3.05, 3.63) is 65.8 Å². The summed E-state index contributed by atoms with van der Waals surface area (Å²) in [6.45, 7) is 4.15. The molecule has 3 rings (SSSR count). The Hall–Kier alpha value is -2.85. The van der Waals surface area contributed by atoms with E-state index in [4.69, 9.17) is 0 Å². The first-order chi connectivity index (χ1) is 13.3. The van der Waals surface area contributed by atoms with Gasteiger partial charge in [-0.25, -0.2) is 32.5 Å². The van der Waals surface area contributed by atoms with Crippen molar-refractivity contribution in [1.82, 2.24) is 24.2 Å². The molecule has 0 spiro atoms. The molecule has 0 aliphatic carbocycles. The van der Waals surface area contributed by atoms with Crippen LogP contribution in [-0.4, -0.2) is 41.0 Å². The summed E-state index contributed by atoms with van der Waals surface area (Å²) in [7, 11) is -3.57. The number of aromatic nitrogens is 4. The van der Waals surface area contributed by atoms with E-state index in [-0.39, 0.29) is 12.3 Å². The number of hydrogen-bond acceptors (Lipinski definition) is 6. The Morgan fingerprint density at radius 3 is 2.68 bits per heavy atom. The number of nitrogens with zero attached hydrogens (tertiary/aromatic N) is 4. The molecule has 1 aromatic carbocycles. The standard InChI is InChI=1S/C18H21FN6O2S/c1-13-23-17(11-18(24-13)25-9-8-20-14(25)2)21-6-7-22-28(26,27)12-15-4-3-5-16(19)10-15/h3-5,8-11,22H,6-7,12H2,1-2H3,(H,21,23,24). The molecule has 0 aliphatic heterocycles. The van der Waals surface area contributed by atoms with E-state index in [1.807, 2.05) is 11.5 Å². The van der Waals surface area contributed by atoms with Gasteiger partial charge >= 0.3 is 0 Å². The molecule has 2 aromatic heterocycles. The highest BCUT2D eigenvalue weighted by Gasteiger charge is 2.12. The molecule has 10 heteroatoms. The summed E-state index contributed by atoms with van der Waals surface area (Å²) in [6, 6.07) is 7.31. The van der Waals surface area contributed by atoms with E-state index in [1.165, 1.54) is 18.2 Å². The highest BCUT2D eigenvalue weighted by atomic mass is 32.2. The summed E-state index contributed by atoms with van der Waals surface area (Å²) < 4.78 is 41.8. The fourth-order valence-corrected chi connectivity index (χ4v) is 3.81. The Kier molecular flexibility index (Phi) is 6.00. The molecule has 0 radical (unpaired) electrons. The lowest BCUT2D eigenvalue weighted by Gasteiger charge is -2.11. The van der Waals surface area contributed by atoms with Crippen LogP contribution in [0, 0.1) is 19.7 Å². The van der Waals surface area contributed by atoms with Crippen LogP contribution < -0.4 is 10.0 Å². The lowest BCUT2D eigenvalue weighted by atomic mass is 10.2. The van der Waals surface area contributed by atoms with Crippen molar-refractivity contribution in [2.24, 2.45) is 0 Å². The fraction of sp³-hybridized carbons (Fsp3) is 0.278. The molecule has 0 bridgehead atoms. The minimum Gasteiger partial charge on any atom is -0.369 e. The minimum atomic E-state index is -3.57. The van der Waals surface area contributed by atoms with Crippen molar-refractivity contribution < 1.29 is 12.8 Å². The van der Waals surface area contributed by atoms with E-state index in [2.05, 4.69) is 25.0 Å². The molecule has 0 fully saturated rings. The molecule has 28 heavy (non-hydrogen) atoms. The van der Waals surface area contributed by atoms with Crippen LogP contribution in [0.25, 0.3) is 5.82 Å². The summed E-state index contributed by atoms with van der Waals surface area (Å²) in [4.78, 5) is 12.9. The number of hydrogen-bond donors (Lipinski definition) is 2. The molecule has 8 nitrogen and oxygen atoms in total. The summed E-state index contributed by atoms with van der Waals surface area (Å²) in [5.74, 6) is 1.91. The zero-order chi connectivity index (χ0) is 20.1. The average Bonchev–Trinajstić information content (AvgIpc) is 3.04. The number of halogens is 1. The van der Waals surface area contributed by atoms with Crippen molar-refractivity contribution in [2.45, 2.75) is 19.6 Å². The SMILES string of the molecule is Cc1nc(NCCNS(=O)(=O)Cc2cccc(F)c2)cc(-n2ccnc2C)n1. The summed E-state index contributed by atoms with van der Waals surface area (Å²) in [5, 5.41) is 3.08. The zero-order valence-electron chi connectivity index (χ0n) is 15.6. The fourth-order valence-electron chi connectivity index (χ4n) is 2.68. The van der Waals surface area contributed by atoms with Crippen LogP contribution in [0.1, 0.15) is 17.2 Å². The van der Waals surface area contributed by atoms with Crippen LogP contribution in [0.4, 0.5) is 10.2 Å². The molecule has 2 heterocycles. The van der Waals surface area contributed by atoms with Gasteiger partial charge in [-0.15, -0.1) is 0 Å². The van der Waals surface area contributed by atoms with E-state index >= 15 is 0 Å². The molecular weight excluding hydrogens is 383 g/mol. The van der Waals surface area contributed by atoms with E-state index < -0.39 is 15.8 Å². The Labute approximate surface area is 162 Å². The molecule has 0 saturated carbocycles. The Balaban J connectivity index is 1.56. The lowest BCUT2D eigenvalue weighted by Crippen LogP contribution is -2.30. The van der Waals surface area contributed by atoms with E-state index in [0.717, 1.165) is 5.82 Å². The van der Waals surface area contributed by atoms with Crippen molar-refractivity contribution in [2.75, 3.05) is 18.4 Å². The first-order valence-corrected chi connectivity index (χ1v) is 10.3. The molecule has 0 aliphatic rings. The van der Waals surface area contributed by atoms with Crippen LogP contribution in [0.3, 0.4) is 0 Å². The molecule has 0 atom stereocenters. The highest BCUT2D eigenvalue weighted by molar-refractivity contribution is 7.88. The molecule has 148 valence electrons. The van der Waals surface area contributed by atoms with Gasteiger partial charge in [-0.05, 0) is 31.5 Å². The van der Waals surface area contributed by atoms with Crippen LogP contribution in [0.2, 0.25) is 0 Å². The predicted octanol–water partition coefficient (Wildman–Crippen LogP) is 1.95. The molecule has 0 unspecified atom stereocenters. The molecule has 0 saturated heterocycles. The first kappa shape index (κ1) is 19.9. The summed E-state index contributed by atoms with van der Waals surface area (Å²) in [6.07, 6.45) is 3.49. The van der Waals surface area contributed by atoms with Crippen molar-refractivity contribution in [3.63, 3.8) is 0 Å². The second-order valence-electron chi connectivity index (χ2n) is 6.21. The topological polar surface area (TPSA) is 102 Å². The monoisotopic (exact) mass is 404 g/mol. The van der Waals surface area contributed by atoms with Gasteiger partial charge in [0.25, 0.3) is 0 Å². The van der Waals surface area contributed by atoms with Gasteiger partial charge in [0.2, 0.25) is 10.0 Å². The molecular formula is C18H21FN6O2S. The number of rotatable bonds is 8. The largest absolute Gasteiger partial charge is 0.369 e. The maximum absolute atomic E-state index is 13.2. The number of anilines is 1. The normalized spacial score (nSPS) is 11.5. The Morgan fingerprint density at radius 2 is 1.96 bits per heavy atom. The van der Waals surface area contributed by atoms with Crippen LogP contribution in [-0.2, 0) is 15.8 Å². The van der Waals surface area contributed by atoms with E-state index in [1.54, 1.807) is 31.5 Å². The van der Waals surface area contributed by atoms with E-state index in [9.17, 15) is 12.8 Å². The van der Waals surface area contributed by atoms with Crippen molar-refractivity contribution >= 4 is 15.8 Å². The smallest absolute Gasteiger partial charge is 0.215 e. The summed E-state index contributed by atoms with van der Waals surface area (Å²) >= 11 is 0. The van der Waals surface area contributed by atoms with Crippen LogP contribution >= 0.6 is 0 Å². The number of imidazole rings is 1. The second-order valence-corrected chi connectivity index (χ2v) is 8.02. The van der Waals surface area contributed by atoms with Gasteiger partial charge in [0.05, 0.1) is 5.75 Å². The summed E-state index contributed by atoms with van der Waals surface area (Å²) in [5.41, 5.74) is 0.396. The maximum Gasteiger partial charge on any atom is 0.215 e. The van der Waals surface area contributed by atoms with E-state index in [0.29, 0.717) is 29.6 Å². The molecule has 2 N–H and O–H groups in total. The third-order valence-corrected chi connectivity index (χ3v) is 5.25. The Bertz CT molecular complexity index is 1070. The van der Waals surface area contributed by atoms with Gasteiger partial charge in [-0.3, -0.25) is 4.57 Å². The van der Waals surface area contributed by atoms with Crippen molar-refractivity contribution in [3.8, 4) is 5.82 Å². The second kappa shape index (κ2) is 8.44. The quantitative estimate of drug-likeness (QED) is 0.557. The third kappa shape index (κ3) is 5.33. The Morgan fingerprint density at radius 1 is 1.14 bits per heavy atom. The van der Waals surface area contributed by atoms with Gasteiger partial charge in [0.1, 0.15) is 29.1 Å². The number of benzene rings is 1. The third-order valence-electron chi connectivity index (χ3n) is 3.90. The van der Waals surface area contributed by atoms with Crippen LogP contribution in [0.15, 0.2) is 42.7 Å². The number of aryl methyl sites for hydroxylation is 2. The lowest BCUT2D eigenvalue weighted by molar-refractivity contribution is 0.581. The zero-order valence-corrected chi connectivity index (χ0v) is 16.4. The average molecular weight is 404 g/mol. The van der Waals surface area contributed by atoms with Gasteiger partial charge in [0.15, 0.2) is 0 Å². The van der Waals surface area contributed by atoms with Crippen molar-refractivity contribution in [1.29, 1.82) is 0 Å². The van der Waals surface area contributed by atoms with Crippen LogP contribution in [0.5, 0.6) is 0 Å². The molecule has 3 aromatic rings. The minimum absolute atomic E-state index is 0.167. The first-order valence-electron chi connectivity index (χ1n) is 8.64.